The van der Waals surface area contributed by atoms with E-state index in [-0.39, 0.29) is 5.91 Å². The molecule has 0 unspecified atom stereocenters. The van der Waals surface area contributed by atoms with Gasteiger partial charge in [0.25, 0.3) is 0 Å². The van der Waals surface area contributed by atoms with Gasteiger partial charge in [-0.05, 0) is 43.4 Å². The normalized spacial score (nSPS) is 16.8. The first-order valence-corrected chi connectivity index (χ1v) is 8.14. The van der Waals surface area contributed by atoms with Gasteiger partial charge in [-0.3, -0.25) is 4.79 Å². The largest absolute Gasteiger partial charge is 0.381 e. The molecule has 2 aromatic carbocycles. The molecular weight excluding hydrogens is 286 g/mol. The Kier molecular flexibility index (Phi) is 4.49. The Morgan fingerprint density at radius 3 is 2.17 bits per heavy atom. The number of carbonyl (C=O) groups is 1. The predicted octanol–water partition coefficient (Wildman–Crippen LogP) is 3.99. The molecular formula is C20H23NO2. The lowest BCUT2D eigenvalue weighted by atomic mass is 9.73. The molecule has 2 aromatic rings. The fourth-order valence-electron chi connectivity index (χ4n) is 3.37. The Balaban J connectivity index is 1.96. The summed E-state index contributed by atoms with van der Waals surface area (Å²) in [5.41, 5.74) is 3.68. The summed E-state index contributed by atoms with van der Waals surface area (Å²) >= 11 is 0. The second-order valence-corrected chi connectivity index (χ2v) is 6.28. The van der Waals surface area contributed by atoms with Crippen molar-refractivity contribution in [1.82, 2.24) is 0 Å². The van der Waals surface area contributed by atoms with Gasteiger partial charge < -0.3 is 10.1 Å². The molecule has 120 valence electrons. The van der Waals surface area contributed by atoms with Crippen LogP contribution in [0.3, 0.4) is 0 Å². The van der Waals surface area contributed by atoms with Gasteiger partial charge in [-0.25, -0.2) is 0 Å². The average Bonchev–Trinajstić information content (AvgIpc) is 2.59. The topological polar surface area (TPSA) is 38.3 Å². The summed E-state index contributed by atoms with van der Waals surface area (Å²) in [5.74, 6) is 0.0735. The van der Waals surface area contributed by atoms with Crippen LogP contribution in [-0.2, 0) is 14.9 Å². The number of carbonyl (C=O) groups excluding carboxylic acids is 1. The van der Waals surface area contributed by atoms with E-state index in [1.807, 2.05) is 50.2 Å². The molecule has 1 aliphatic rings. The van der Waals surface area contributed by atoms with E-state index >= 15 is 0 Å². The molecule has 3 heteroatoms. The van der Waals surface area contributed by atoms with Crippen LogP contribution < -0.4 is 5.32 Å². The standard InChI is InChI=1S/C20H23NO2/c1-15-7-6-8-16(2)18(15)21-19(22)20(11-13-23-14-12-20)17-9-4-3-5-10-17/h3-10H,11-14H2,1-2H3,(H,21,22). The smallest absolute Gasteiger partial charge is 0.235 e. The first-order valence-electron chi connectivity index (χ1n) is 8.14. The molecule has 1 saturated heterocycles. The quantitative estimate of drug-likeness (QED) is 0.931. The Labute approximate surface area is 137 Å². The lowest BCUT2D eigenvalue weighted by Gasteiger charge is -2.36. The first kappa shape index (κ1) is 15.8. The Morgan fingerprint density at radius 2 is 1.57 bits per heavy atom. The number of rotatable bonds is 3. The van der Waals surface area contributed by atoms with Gasteiger partial charge in [-0.2, -0.15) is 0 Å². The zero-order valence-corrected chi connectivity index (χ0v) is 13.8. The molecule has 0 radical (unpaired) electrons. The van der Waals surface area contributed by atoms with Crippen LogP contribution in [0.5, 0.6) is 0 Å². The van der Waals surface area contributed by atoms with Crippen molar-refractivity contribution < 1.29 is 9.53 Å². The minimum atomic E-state index is -0.506. The number of para-hydroxylation sites is 1. The van der Waals surface area contributed by atoms with Crippen molar-refractivity contribution in [3.8, 4) is 0 Å². The van der Waals surface area contributed by atoms with Gasteiger partial charge in [0.1, 0.15) is 0 Å². The van der Waals surface area contributed by atoms with Crippen molar-refractivity contribution in [3.63, 3.8) is 0 Å². The Bertz CT molecular complexity index is 668. The van der Waals surface area contributed by atoms with Gasteiger partial charge in [0.15, 0.2) is 0 Å². The van der Waals surface area contributed by atoms with E-state index in [1.165, 1.54) is 0 Å². The summed E-state index contributed by atoms with van der Waals surface area (Å²) in [5, 5.41) is 3.19. The molecule has 1 heterocycles. The maximum atomic E-state index is 13.2. The average molecular weight is 309 g/mol. The SMILES string of the molecule is Cc1cccc(C)c1NC(=O)C1(c2ccccc2)CCOCC1. The van der Waals surface area contributed by atoms with E-state index in [4.69, 9.17) is 4.74 Å². The van der Waals surface area contributed by atoms with Gasteiger partial charge in [-0.1, -0.05) is 48.5 Å². The second kappa shape index (κ2) is 6.55. The Hall–Kier alpha value is -2.13. The molecule has 0 saturated carbocycles. The molecule has 1 amide bonds. The molecule has 3 nitrogen and oxygen atoms in total. The number of hydrogen-bond donors (Lipinski definition) is 1. The molecule has 23 heavy (non-hydrogen) atoms. The van der Waals surface area contributed by atoms with E-state index < -0.39 is 5.41 Å². The molecule has 1 fully saturated rings. The van der Waals surface area contributed by atoms with Crippen molar-refractivity contribution in [3.05, 3.63) is 65.2 Å². The van der Waals surface area contributed by atoms with Crippen molar-refractivity contribution in [2.75, 3.05) is 18.5 Å². The van der Waals surface area contributed by atoms with Crippen LogP contribution in [0.1, 0.15) is 29.5 Å². The molecule has 0 bridgehead atoms. The van der Waals surface area contributed by atoms with Crippen LogP contribution >= 0.6 is 0 Å². The maximum absolute atomic E-state index is 13.2. The highest BCUT2D eigenvalue weighted by molar-refractivity contribution is 6.00. The number of amides is 1. The highest BCUT2D eigenvalue weighted by atomic mass is 16.5. The third-order valence-electron chi connectivity index (χ3n) is 4.83. The lowest BCUT2D eigenvalue weighted by molar-refractivity contribution is -0.125. The van der Waals surface area contributed by atoms with Crippen molar-refractivity contribution in [1.29, 1.82) is 0 Å². The highest BCUT2D eigenvalue weighted by Crippen LogP contribution is 2.36. The van der Waals surface area contributed by atoms with Crippen LogP contribution in [0.25, 0.3) is 0 Å². The monoisotopic (exact) mass is 309 g/mol. The van der Waals surface area contributed by atoms with Gasteiger partial charge in [0.05, 0.1) is 5.41 Å². The summed E-state index contributed by atoms with van der Waals surface area (Å²) in [4.78, 5) is 13.2. The number of benzene rings is 2. The van der Waals surface area contributed by atoms with E-state index in [0.29, 0.717) is 26.1 Å². The summed E-state index contributed by atoms with van der Waals surface area (Å²) < 4.78 is 5.51. The fourth-order valence-corrected chi connectivity index (χ4v) is 3.37. The van der Waals surface area contributed by atoms with Crippen LogP contribution in [-0.4, -0.2) is 19.1 Å². The number of aryl methyl sites for hydroxylation is 2. The van der Waals surface area contributed by atoms with Crippen molar-refractivity contribution >= 4 is 11.6 Å². The number of nitrogens with one attached hydrogen (secondary N) is 1. The van der Waals surface area contributed by atoms with E-state index in [9.17, 15) is 4.79 Å². The van der Waals surface area contributed by atoms with Gasteiger partial charge in [0, 0.05) is 18.9 Å². The first-order chi connectivity index (χ1) is 11.1. The minimum Gasteiger partial charge on any atom is -0.381 e. The summed E-state index contributed by atoms with van der Waals surface area (Å²) in [6.07, 6.45) is 1.43. The van der Waals surface area contributed by atoms with Gasteiger partial charge >= 0.3 is 0 Å². The van der Waals surface area contributed by atoms with E-state index in [0.717, 1.165) is 22.4 Å². The van der Waals surface area contributed by atoms with Gasteiger partial charge in [0.2, 0.25) is 5.91 Å². The molecule has 3 rings (SSSR count). The number of anilines is 1. The molecule has 0 aliphatic carbocycles. The number of hydrogen-bond acceptors (Lipinski definition) is 2. The fraction of sp³-hybridized carbons (Fsp3) is 0.350. The highest BCUT2D eigenvalue weighted by Gasteiger charge is 2.41. The molecule has 1 aliphatic heterocycles. The van der Waals surface area contributed by atoms with Gasteiger partial charge in [-0.15, -0.1) is 0 Å². The predicted molar refractivity (Wildman–Crippen MR) is 92.7 cm³/mol. The Morgan fingerprint density at radius 1 is 0.957 bits per heavy atom. The van der Waals surface area contributed by atoms with Crippen molar-refractivity contribution in [2.24, 2.45) is 0 Å². The zero-order valence-electron chi connectivity index (χ0n) is 13.8. The summed E-state index contributed by atoms with van der Waals surface area (Å²) in [7, 11) is 0. The minimum absolute atomic E-state index is 0.0735. The summed E-state index contributed by atoms with van der Waals surface area (Å²) in [6, 6.07) is 16.2. The van der Waals surface area contributed by atoms with E-state index in [2.05, 4.69) is 17.4 Å². The van der Waals surface area contributed by atoms with Crippen LogP contribution in [0.15, 0.2) is 48.5 Å². The van der Waals surface area contributed by atoms with Crippen LogP contribution in [0.4, 0.5) is 5.69 Å². The molecule has 0 atom stereocenters. The third kappa shape index (κ3) is 3.02. The number of ether oxygens (including phenoxy) is 1. The van der Waals surface area contributed by atoms with Crippen molar-refractivity contribution in [2.45, 2.75) is 32.1 Å². The van der Waals surface area contributed by atoms with E-state index in [1.54, 1.807) is 0 Å². The maximum Gasteiger partial charge on any atom is 0.235 e. The molecule has 1 N–H and O–H groups in total. The molecule has 0 aromatic heterocycles. The lowest BCUT2D eigenvalue weighted by Crippen LogP contribution is -2.45. The zero-order chi connectivity index (χ0) is 16.3. The van der Waals surface area contributed by atoms with Crippen LogP contribution in [0, 0.1) is 13.8 Å². The second-order valence-electron chi connectivity index (χ2n) is 6.28. The van der Waals surface area contributed by atoms with Crippen LogP contribution in [0.2, 0.25) is 0 Å². The molecule has 0 spiro atoms. The third-order valence-corrected chi connectivity index (χ3v) is 4.83. The summed E-state index contributed by atoms with van der Waals surface area (Å²) in [6.45, 7) is 5.30.